The summed E-state index contributed by atoms with van der Waals surface area (Å²) in [6.45, 7) is 3.83. The van der Waals surface area contributed by atoms with Crippen molar-refractivity contribution in [1.29, 1.82) is 0 Å². The van der Waals surface area contributed by atoms with Crippen LogP contribution in [0.25, 0.3) is 0 Å². The van der Waals surface area contributed by atoms with Crippen LogP contribution in [0.5, 0.6) is 5.75 Å². The number of fused-ring (bicyclic) bond motifs is 1. The van der Waals surface area contributed by atoms with Gasteiger partial charge in [-0.1, -0.05) is 12.1 Å². The number of rotatable bonds is 7. The van der Waals surface area contributed by atoms with Gasteiger partial charge in [0.2, 0.25) is 21.8 Å². The number of ether oxygens (including phenoxy) is 1. The minimum Gasteiger partial charge on any atom is -0.495 e. The van der Waals surface area contributed by atoms with Gasteiger partial charge in [-0.2, -0.15) is 0 Å². The average molecular weight is 500 g/mol. The highest BCUT2D eigenvalue weighted by atomic mass is 32.2. The zero-order valence-corrected chi connectivity index (χ0v) is 21.2. The van der Waals surface area contributed by atoms with E-state index in [1.165, 1.54) is 6.92 Å². The molecule has 1 aliphatic heterocycles. The molecule has 9 heteroatoms. The van der Waals surface area contributed by atoms with E-state index in [9.17, 15) is 18.0 Å². The molecule has 8 nitrogen and oxygen atoms in total. The minimum absolute atomic E-state index is 0.0174. The molecule has 4 rings (SSSR count). The number of benzene rings is 2. The van der Waals surface area contributed by atoms with Gasteiger partial charge in [-0.3, -0.25) is 9.59 Å². The number of para-hydroxylation sites is 2. The summed E-state index contributed by atoms with van der Waals surface area (Å²) in [5, 5.41) is 2.96. The smallest absolute Gasteiger partial charge is 0.240 e. The maximum absolute atomic E-state index is 12.9. The molecule has 1 atom stereocenters. The standard InChI is InChI=1S/C26H33N3O5S/c1-17-14-21-15-22(12-13-24(21)29(17)18(2)30)35(32,33)27-16-19-8-10-20(11-9-19)26(31)28-23-6-4-5-7-25(23)34-3/h4-7,12-13,15,17,19-20,27H,8-11,14,16H2,1-3H3,(H,28,31)/t17-,19?,20?/m1/s1. The highest BCUT2D eigenvalue weighted by Gasteiger charge is 2.31. The number of carbonyl (C=O) groups excluding carboxylic acids is 2. The molecule has 188 valence electrons. The molecule has 1 heterocycles. The zero-order valence-electron chi connectivity index (χ0n) is 20.4. The Morgan fingerprint density at radius 1 is 1.09 bits per heavy atom. The van der Waals surface area contributed by atoms with E-state index in [4.69, 9.17) is 4.74 Å². The Labute approximate surface area is 207 Å². The van der Waals surface area contributed by atoms with Gasteiger partial charge in [-0.15, -0.1) is 0 Å². The quantitative estimate of drug-likeness (QED) is 0.604. The molecule has 0 bridgehead atoms. The number of nitrogens with one attached hydrogen (secondary N) is 2. The van der Waals surface area contributed by atoms with Gasteiger partial charge in [0, 0.05) is 31.1 Å². The predicted octanol–water partition coefficient (Wildman–Crippen LogP) is 3.72. The molecule has 0 radical (unpaired) electrons. The molecule has 35 heavy (non-hydrogen) atoms. The van der Waals surface area contributed by atoms with Crippen LogP contribution in [0, 0.1) is 11.8 Å². The Hall–Kier alpha value is -2.91. The largest absolute Gasteiger partial charge is 0.495 e. The van der Waals surface area contributed by atoms with Gasteiger partial charge in [0.25, 0.3) is 0 Å². The van der Waals surface area contributed by atoms with Crippen LogP contribution in [0.4, 0.5) is 11.4 Å². The van der Waals surface area contributed by atoms with Crippen molar-refractivity contribution >= 4 is 33.2 Å². The first-order valence-electron chi connectivity index (χ1n) is 12.1. The molecule has 0 aromatic heterocycles. The highest BCUT2D eigenvalue weighted by Crippen LogP contribution is 2.34. The van der Waals surface area contributed by atoms with Crippen LogP contribution in [-0.2, 0) is 26.0 Å². The molecule has 1 saturated carbocycles. The van der Waals surface area contributed by atoms with Crippen molar-refractivity contribution < 1.29 is 22.7 Å². The van der Waals surface area contributed by atoms with E-state index in [1.54, 1.807) is 36.3 Å². The first-order chi connectivity index (χ1) is 16.7. The third-order valence-corrected chi connectivity index (χ3v) is 8.48. The van der Waals surface area contributed by atoms with Crippen LogP contribution in [0.1, 0.15) is 45.1 Å². The van der Waals surface area contributed by atoms with Gasteiger partial charge in [0.05, 0.1) is 17.7 Å². The molecule has 0 spiro atoms. The Kier molecular flexibility index (Phi) is 7.47. The molecular formula is C26H33N3O5S. The maximum Gasteiger partial charge on any atom is 0.240 e. The summed E-state index contributed by atoms with van der Waals surface area (Å²) in [6.07, 6.45) is 3.62. The summed E-state index contributed by atoms with van der Waals surface area (Å²) in [5.74, 6) is 0.634. The number of hydrogen-bond donors (Lipinski definition) is 2. The molecule has 1 fully saturated rings. The van der Waals surface area contributed by atoms with E-state index >= 15 is 0 Å². The number of anilines is 2. The summed E-state index contributed by atoms with van der Waals surface area (Å²) in [6, 6.07) is 12.3. The topological polar surface area (TPSA) is 105 Å². The molecule has 2 aliphatic rings. The number of hydrogen-bond acceptors (Lipinski definition) is 5. The summed E-state index contributed by atoms with van der Waals surface area (Å²) in [5.41, 5.74) is 2.32. The van der Waals surface area contributed by atoms with E-state index in [2.05, 4.69) is 10.0 Å². The van der Waals surface area contributed by atoms with E-state index < -0.39 is 10.0 Å². The maximum atomic E-state index is 12.9. The number of nitrogens with zero attached hydrogens (tertiary/aromatic N) is 1. The van der Waals surface area contributed by atoms with Crippen LogP contribution in [0.3, 0.4) is 0 Å². The SMILES string of the molecule is COc1ccccc1NC(=O)C1CCC(CNS(=O)(=O)c2ccc3c(c2)C[C@@H](C)N3C(C)=O)CC1. The second-order valence-corrected chi connectivity index (χ2v) is 11.3. The van der Waals surface area contributed by atoms with Crippen molar-refractivity contribution in [2.75, 3.05) is 23.9 Å². The van der Waals surface area contributed by atoms with Gasteiger partial charge in [-0.25, -0.2) is 13.1 Å². The lowest BCUT2D eigenvalue weighted by Crippen LogP contribution is -2.34. The lowest BCUT2D eigenvalue weighted by atomic mass is 9.81. The molecule has 2 N–H and O–H groups in total. The zero-order chi connectivity index (χ0) is 25.2. The molecular weight excluding hydrogens is 466 g/mol. The van der Waals surface area contributed by atoms with Gasteiger partial charge < -0.3 is 15.0 Å². The second-order valence-electron chi connectivity index (χ2n) is 9.49. The second kappa shape index (κ2) is 10.4. The summed E-state index contributed by atoms with van der Waals surface area (Å²) < 4.78 is 33.9. The fourth-order valence-electron chi connectivity index (χ4n) is 5.18. The Balaban J connectivity index is 1.30. The van der Waals surface area contributed by atoms with Crippen molar-refractivity contribution in [1.82, 2.24) is 4.72 Å². The number of amides is 2. The van der Waals surface area contributed by atoms with Crippen LogP contribution in [0.2, 0.25) is 0 Å². The molecule has 0 unspecified atom stereocenters. The van der Waals surface area contributed by atoms with Crippen LogP contribution in [0.15, 0.2) is 47.4 Å². The van der Waals surface area contributed by atoms with Crippen LogP contribution >= 0.6 is 0 Å². The van der Waals surface area contributed by atoms with E-state index in [0.717, 1.165) is 24.1 Å². The lowest BCUT2D eigenvalue weighted by Gasteiger charge is -2.28. The first kappa shape index (κ1) is 25.2. The molecule has 2 aromatic carbocycles. The van der Waals surface area contributed by atoms with Crippen LogP contribution in [-0.4, -0.2) is 39.9 Å². The molecule has 0 saturated heterocycles. The molecule has 2 amide bonds. The normalized spacial score (nSPS) is 21.9. The predicted molar refractivity (Wildman–Crippen MR) is 135 cm³/mol. The third kappa shape index (κ3) is 5.51. The van der Waals surface area contributed by atoms with Crippen molar-refractivity contribution in [3.05, 3.63) is 48.0 Å². The lowest BCUT2D eigenvalue weighted by molar-refractivity contribution is -0.121. The number of methoxy groups -OCH3 is 1. The minimum atomic E-state index is -3.66. The van der Waals surface area contributed by atoms with Gasteiger partial charge in [-0.05, 0) is 80.8 Å². The van der Waals surface area contributed by atoms with E-state index in [0.29, 0.717) is 37.2 Å². The number of carbonyl (C=O) groups is 2. The van der Waals surface area contributed by atoms with E-state index in [1.807, 2.05) is 25.1 Å². The first-order valence-corrected chi connectivity index (χ1v) is 13.5. The van der Waals surface area contributed by atoms with Crippen molar-refractivity contribution in [3.63, 3.8) is 0 Å². The molecule has 2 aromatic rings. The monoisotopic (exact) mass is 499 g/mol. The third-order valence-electron chi connectivity index (χ3n) is 7.06. The summed E-state index contributed by atoms with van der Waals surface area (Å²) in [4.78, 5) is 26.6. The summed E-state index contributed by atoms with van der Waals surface area (Å²) >= 11 is 0. The van der Waals surface area contributed by atoms with Gasteiger partial charge in [0.15, 0.2) is 0 Å². The van der Waals surface area contributed by atoms with Gasteiger partial charge >= 0.3 is 0 Å². The Morgan fingerprint density at radius 2 is 1.80 bits per heavy atom. The van der Waals surface area contributed by atoms with Crippen molar-refractivity contribution in [3.8, 4) is 5.75 Å². The number of sulfonamides is 1. The fraction of sp³-hybridized carbons (Fsp3) is 0.462. The Morgan fingerprint density at radius 3 is 2.49 bits per heavy atom. The van der Waals surface area contributed by atoms with Crippen LogP contribution < -0.4 is 19.7 Å². The van der Waals surface area contributed by atoms with E-state index in [-0.39, 0.29) is 34.6 Å². The van der Waals surface area contributed by atoms with Crippen molar-refractivity contribution in [2.24, 2.45) is 11.8 Å². The van der Waals surface area contributed by atoms with Gasteiger partial charge in [0.1, 0.15) is 5.75 Å². The fourth-order valence-corrected chi connectivity index (χ4v) is 6.34. The average Bonchev–Trinajstić information content (AvgIpc) is 3.18. The summed E-state index contributed by atoms with van der Waals surface area (Å²) in [7, 11) is -2.09. The van der Waals surface area contributed by atoms with Crippen molar-refractivity contribution in [2.45, 2.75) is 56.9 Å². The Bertz CT molecular complexity index is 1210. The molecule has 1 aliphatic carbocycles. The highest BCUT2D eigenvalue weighted by molar-refractivity contribution is 7.89.